The van der Waals surface area contributed by atoms with Gasteiger partial charge in [-0.05, 0) is 6.66 Å². The molecule has 58 valence electrons. The van der Waals surface area contributed by atoms with Crippen LogP contribution in [0.2, 0.25) is 0 Å². The van der Waals surface area contributed by atoms with Crippen molar-refractivity contribution in [2.45, 2.75) is 0 Å². The van der Waals surface area contributed by atoms with E-state index in [1.54, 1.807) is 0 Å². The summed E-state index contributed by atoms with van der Waals surface area (Å²) in [5.41, 5.74) is 0. The lowest BCUT2D eigenvalue weighted by Gasteiger charge is -2.07. The van der Waals surface area contributed by atoms with Crippen molar-refractivity contribution in [3.63, 3.8) is 0 Å². The zero-order valence-corrected chi connectivity index (χ0v) is 8.60. The summed E-state index contributed by atoms with van der Waals surface area (Å²) >= 11 is 0. The Balaban J connectivity index is 2.91. The van der Waals surface area contributed by atoms with Gasteiger partial charge in [0.25, 0.3) is 0 Å². The van der Waals surface area contributed by atoms with Gasteiger partial charge in [0.2, 0.25) is 0 Å². The third-order valence-corrected chi connectivity index (χ3v) is 2.06. The Morgan fingerprint density at radius 2 is 2.00 bits per heavy atom. The van der Waals surface area contributed by atoms with Gasteiger partial charge in [0, 0.05) is 7.84 Å². The summed E-state index contributed by atoms with van der Waals surface area (Å²) in [5, 5.41) is 0. The van der Waals surface area contributed by atoms with E-state index >= 15 is 0 Å². The lowest BCUT2D eigenvalue weighted by Crippen LogP contribution is -1.95. The Kier molecular flexibility index (Phi) is 7.72. The molecule has 0 spiro atoms. The third kappa shape index (κ3) is 9.20. The van der Waals surface area contributed by atoms with Crippen LogP contribution in [0.5, 0.6) is 0 Å². The zero-order valence-electron chi connectivity index (χ0n) is 5.66. The summed E-state index contributed by atoms with van der Waals surface area (Å²) in [6.07, 6.45) is 0. The van der Waals surface area contributed by atoms with Crippen LogP contribution in [-0.2, 0) is 9.05 Å². The molecule has 2 radical (unpaired) electrons. The second-order valence-electron chi connectivity index (χ2n) is 1.48. The molecule has 0 bridgehead atoms. The van der Waals surface area contributed by atoms with Crippen molar-refractivity contribution in [2.24, 2.45) is 0 Å². The number of rotatable bonds is 5. The minimum Gasteiger partial charge on any atom is -0.353 e. The van der Waals surface area contributed by atoms with Crippen molar-refractivity contribution in [1.29, 1.82) is 0 Å². The first kappa shape index (κ1) is 11.2. The SMILES string of the molecule is [B]P(F)OCCOP(C)P. The average Bonchev–Trinajstić information content (AvgIpc) is 1.79. The molecule has 0 amide bonds. The Morgan fingerprint density at radius 3 is 2.40 bits per heavy atom. The number of hydrogen-bond donors (Lipinski definition) is 0. The van der Waals surface area contributed by atoms with Crippen LogP contribution < -0.4 is 0 Å². The van der Waals surface area contributed by atoms with Gasteiger partial charge in [0.1, 0.15) is 0 Å². The van der Waals surface area contributed by atoms with Crippen molar-refractivity contribution in [3.8, 4) is 0 Å². The molecule has 0 aromatic rings. The van der Waals surface area contributed by atoms with Gasteiger partial charge >= 0.3 is 0 Å². The highest BCUT2D eigenvalue weighted by Crippen LogP contribution is 2.41. The Labute approximate surface area is 66.5 Å². The molecule has 0 fully saturated rings. The second kappa shape index (κ2) is 6.89. The normalized spacial score (nSPS) is 16.7. The van der Waals surface area contributed by atoms with E-state index in [0.29, 0.717) is 6.61 Å². The predicted molar refractivity (Wildman–Crippen MR) is 48.2 cm³/mol. The van der Waals surface area contributed by atoms with E-state index < -0.39 is 16.2 Å². The second-order valence-corrected chi connectivity index (χ2v) is 5.82. The summed E-state index contributed by atoms with van der Waals surface area (Å²) in [6.45, 7) is 2.58. The largest absolute Gasteiger partial charge is 0.353 e. The quantitative estimate of drug-likeness (QED) is 0.384. The highest BCUT2D eigenvalue weighted by molar-refractivity contribution is 8.10. The van der Waals surface area contributed by atoms with E-state index in [0.717, 1.165) is 0 Å². The van der Waals surface area contributed by atoms with E-state index in [1.165, 1.54) is 0 Å². The standard InChI is InChI=1S/C3H9BFO2P3/c1-9(8)6-2-3-7-10(4)5/h2-3,8H2,1H3. The first-order valence-electron chi connectivity index (χ1n) is 2.58. The van der Waals surface area contributed by atoms with Crippen molar-refractivity contribution in [1.82, 2.24) is 0 Å². The van der Waals surface area contributed by atoms with Crippen molar-refractivity contribution in [2.75, 3.05) is 19.9 Å². The summed E-state index contributed by atoms with van der Waals surface area (Å²) in [4.78, 5) is 0. The molecule has 0 aromatic heterocycles. The molecule has 0 aliphatic carbocycles. The molecule has 0 aromatic carbocycles. The summed E-state index contributed by atoms with van der Waals surface area (Å²) in [6, 6.07) is 0. The molecule has 10 heavy (non-hydrogen) atoms. The third-order valence-electron chi connectivity index (χ3n) is 0.593. The monoisotopic (exact) mass is 200 g/mol. The van der Waals surface area contributed by atoms with Gasteiger partial charge in [-0.1, -0.05) is 8.93 Å². The zero-order chi connectivity index (χ0) is 7.98. The van der Waals surface area contributed by atoms with Gasteiger partial charge in [-0.15, -0.1) is 0 Å². The highest BCUT2D eigenvalue weighted by Gasteiger charge is 1.97. The predicted octanol–water partition coefficient (Wildman–Crippen LogP) is 2.20. The maximum atomic E-state index is 11.8. The van der Waals surface area contributed by atoms with E-state index in [-0.39, 0.29) is 6.61 Å². The Bertz CT molecular complexity index is 74.1. The summed E-state index contributed by atoms with van der Waals surface area (Å²) in [7, 11) is 4.59. The molecule has 0 saturated carbocycles. The van der Waals surface area contributed by atoms with E-state index in [4.69, 9.17) is 12.1 Å². The van der Waals surface area contributed by atoms with Crippen LogP contribution in [0, 0.1) is 0 Å². The number of hydrogen-bond acceptors (Lipinski definition) is 2. The minimum atomic E-state index is -2.21. The van der Waals surface area contributed by atoms with Gasteiger partial charge in [0.05, 0.1) is 13.2 Å². The lowest BCUT2D eigenvalue weighted by atomic mass is 10.8. The molecule has 0 heterocycles. The van der Waals surface area contributed by atoms with Crippen molar-refractivity contribution >= 4 is 32.7 Å². The molecule has 0 aliphatic heterocycles. The molecule has 7 heteroatoms. The molecular formula is C3H9BFO2P3. The van der Waals surface area contributed by atoms with Crippen molar-refractivity contribution in [3.05, 3.63) is 0 Å². The maximum Gasteiger partial charge on any atom is 0.196 e. The Morgan fingerprint density at radius 1 is 1.50 bits per heavy atom. The molecule has 0 rings (SSSR count). The first-order valence-corrected chi connectivity index (χ1v) is 7.12. The fourth-order valence-electron chi connectivity index (χ4n) is 0.306. The molecule has 0 N–H and O–H groups in total. The van der Waals surface area contributed by atoms with Crippen LogP contribution in [-0.4, -0.2) is 27.4 Å². The van der Waals surface area contributed by atoms with Crippen molar-refractivity contribution < 1.29 is 13.2 Å². The topological polar surface area (TPSA) is 18.5 Å². The highest BCUT2D eigenvalue weighted by atomic mass is 32.0. The molecule has 0 saturated heterocycles. The van der Waals surface area contributed by atoms with Crippen LogP contribution in [0.1, 0.15) is 0 Å². The van der Waals surface area contributed by atoms with Gasteiger partial charge in [-0.3, -0.25) is 0 Å². The maximum absolute atomic E-state index is 11.8. The lowest BCUT2D eigenvalue weighted by molar-refractivity contribution is 0.246. The number of halogens is 1. The molecule has 3 atom stereocenters. The van der Waals surface area contributed by atoms with Crippen LogP contribution in [0.25, 0.3) is 0 Å². The van der Waals surface area contributed by atoms with Gasteiger partial charge in [0.15, 0.2) is 15.9 Å². The first-order chi connectivity index (χ1) is 4.63. The molecular weight excluding hydrogens is 191 g/mol. The van der Waals surface area contributed by atoms with Crippen LogP contribution >= 0.6 is 25.1 Å². The van der Waals surface area contributed by atoms with E-state index in [1.807, 2.05) is 6.66 Å². The fourth-order valence-corrected chi connectivity index (χ4v) is 1.23. The molecule has 3 unspecified atom stereocenters. The summed E-state index contributed by atoms with van der Waals surface area (Å²) in [5.74, 6) is 0. The van der Waals surface area contributed by atoms with Crippen LogP contribution in [0.3, 0.4) is 0 Å². The van der Waals surface area contributed by atoms with Gasteiger partial charge in [-0.25, -0.2) is 4.20 Å². The summed E-state index contributed by atoms with van der Waals surface area (Å²) < 4.78 is 21.3. The van der Waals surface area contributed by atoms with Gasteiger partial charge in [-0.2, -0.15) is 0 Å². The smallest absolute Gasteiger partial charge is 0.196 e. The average molecular weight is 200 g/mol. The fraction of sp³-hybridized carbons (Fsp3) is 1.00. The van der Waals surface area contributed by atoms with E-state index in [9.17, 15) is 4.20 Å². The Hall–Kier alpha value is 1.20. The molecule has 2 nitrogen and oxygen atoms in total. The minimum absolute atomic E-state index is 0.236. The van der Waals surface area contributed by atoms with Crippen LogP contribution in [0.4, 0.5) is 4.20 Å². The van der Waals surface area contributed by atoms with Gasteiger partial charge < -0.3 is 9.05 Å². The molecule has 0 aliphatic rings. The van der Waals surface area contributed by atoms with E-state index in [2.05, 4.69) is 13.5 Å². The van der Waals surface area contributed by atoms with Crippen LogP contribution in [0.15, 0.2) is 0 Å².